The Balaban J connectivity index is 0.682. The Bertz CT molecular complexity index is 4860. The minimum absolute atomic E-state index is 0.00308. The number of Topliss-reactive ketones (excluding diaryl/α,β-unsaturated/α-hetero) is 1. The fourth-order valence-corrected chi connectivity index (χ4v) is 10.7. The van der Waals surface area contributed by atoms with E-state index in [0.29, 0.717) is 25.1 Å². The average Bonchev–Trinajstić information content (AvgIpc) is 1.68. The maximum absolute atomic E-state index is 13.6. The molecule has 105 heavy (non-hydrogen) atoms. The van der Waals surface area contributed by atoms with Crippen LogP contribution in [-0.2, 0) is 97.6 Å². The third-order valence-corrected chi connectivity index (χ3v) is 15.7. The highest BCUT2D eigenvalue weighted by atomic mass is 16.5. The number of carbonyl (C=O) groups excluding carboxylic acids is 13. The lowest BCUT2D eigenvalue weighted by Gasteiger charge is -2.09. The smallest absolute Gasteiger partial charge is 0.325 e. The summed E-state index contributed by atoms with van der Waals surface area (Å²) in [4.78, 5) is 186. The topological polar surface area (TPSA) is 480 Å². The Kier molecular flexibility index (Phi) is 24.3. The number of hydrogen-bond acceptors (Lipinski definition) is 19. The van der Waals surface area contributed by atoms with Gasteiger partial charge in [0.2, 0.25) is 46.9 Å². The maximum atomic E-state index is 13.6. The molecule has 0 radical (unpaired) electrons. The van der Waals surface area contributed by atoms with Crippen molar-refractivity contribution in [1.82, 2.24) is 72.4 Å². The highest BCUT2D eigenvalue weighted by Crippen LogP contribution is 2.23. The average molecular weight is 1440 g/mol. The summed E-state index contributed by atoms with van der Waals surface area (Å²) in [7, 11) is 10.9. The van der Waals surface area contributed by atoms with E-state index in [1.54, 1.807) is 66.6 Å². The minimum atomic E-state index is -0.729. The summed E-state index contributed by atoms with van der Waals surface area (Å²) in [6, 6.07) is 12.6. The summed E-state index contributed by atoms with van der Waals surface area (Å²) in [5.41, 5.74) is 8.31. The number of aromatic nitrogens is 12. The molecule has 0 saturated carbocycles. The van der Waals surface area contributed by atoms with Gasteiger partial charge in [-0.25, -0.2) is 19.9 Å². The predicted octanol–water partition coefficient (Wildman–Crippen LogP) is 2.52. The van der Waals surface area contributed by atoms with Crippen molar-refractivity contribution in [1.29, 1.82) is 0 Å². The van der Waals surface area contributed by atoms with E-state index in [1.807, 2.05) is 6.92 Å². The van der Waals surface area contributed by atoms with Crippen LogP contribution in [0.15, 0.2) is 98.1 Å². The number of likely N-dealkylation sites (N-methyl/N-ethyl adjacent to an activating group) is 1. The highest BCUT2D eigenvalue weighted by molar-refractivity contribution is 6.09. The van der Waals surface area contributed by atoms with Crippen LogP contribution in [0.25, 0.3) is 0 Å². The lowest BCUT2D eigenvalue weighted by Crippen LogP contribution is -2.33. The van der Waals surface area contributed by atoms with Crippen molar-refractivity contribution in [3.05, 3.63) is 155 Å². The summed E-state index contributed by atoms with van der Waals surface area (Å²) in [6.07, 6.45) is 12.7. The van der Waals surface area contributed by atoms with Gasteiger partial charge in [-0.3, -0.25) is 62.3 Å². The molecule has 0 bridgehead atoms. The van der Waals surface area contributed by atoms with Gasteiger partial charge < -0.3 is 105 Å². The standard InChI is InChI=1S/C67H78N24O14/c1-10-69-54(95)21-38-15-17-39(18-16-38)36-105-56(97)26-71-55(96)35-91-30-43(22-44(91)37(2)92)75-67(104)60-81-51(34-90(60)9)83-63(100)47-25-42(29-86(47)5)74-65(102)58-79-49(32-88(58)7)77-53(94)14-12-20-70-61(98)45-23-40(27-84(45)3)72-66(103)59-80-50(33-89(59)8)82-62(99)46-24-41(28-85(46)4)73-64(101)57-78-48(31-87(57)6)76-52(93)13-11-19-68/h15-18,22-25,27-34H,10-14,19-21,26,35-36,68H2,1-9H3,(H,69,95)(H,70,98)(H,71,96)(H,72,103)(H,73,101)(H,74,102)(H,75,104)(H,76,93)(H,77,94)(H,82,99)(H,83,100). The molecular formula is C67H78N24O14. The van der Waals surface area contributed by atoms with Gasteiger partial charge >= 0.3 is 5.97 Å². The van der Waals surface area contributed by atoms with Gasteiger partial charge in [0.15, 0.2) is 29.1 Å². The van der Waals surface area contributed by atoms with E-state index in [0.717, 1.165) is 5.56 Å². The predicted molar refractivity (Wildman–Crippen MR) is 380 cm³/mol. The van der Waals surface area contributed by atoms with Crippen molar-refractivity contribution in [3.63, 3.8) is 0 Å². The second-order valence-corrected chi connectivity index (χ2v) is 24.2. The van der Waals surface area contributed by atoms with E-state index < -0.39 is 71.5 Å². The molecule has 0 fully saturated rings. The fraction of sp³-hybridized carbons (Fsp3) is 0.299. The van der Waals surface area contributed by atoms with Crippen LogP contribution in [0.5, 0.6) is 0 Å². The summed E-state index contributed by atoms with van der Waals surface area (Å²) in [5.74, 6) is -7.07. The molecule has 0 aliphatic heterocycles. The number of benzene rings is 1. The number of ketones is 1. The van der Waals surface area contributed by atoms with Gasteiger partial charge in [0.25, 0.3) is 41.4 Å². The maximum Gasteiger partial charge on any atom is 0.325 e. The van der Waals surface area contributed by atoms with E-state index in [4.69, 9.17) is 10.5 Å². The monoisotopic (exact) mass is 1440 g/mol. The van der Waals surface area contributed by atoms with Gasteiger partial charge in [-0.15, -0.1) is 0 Å². The van der Waals surface area contributed by atoms with Gasteiger partial charge in [-0.1, -0.05) is 24.3 Å². The second-order valence-electron chi connectivity index (χ2n) is 24.2. The molecule has 11 amide bonds. The number of esters is 1. The summed E-state index contributed by atoms with van der Waals surface area (Å²) in [6.45, 7) is 3.14. The normalized spacial score (nSPS) is 10.9. The van der Waals surface area contributed by atoms with E-state index >= 15 is 0 Å². The van der Waals surface area contributed by atoms with Crippen molar-refractivity contribution in [2.75, 3.05) is 68.7 Å². The third kappa shape index (κ3) is 19.9. The first-order valence-electron chi connectivity index (χ1n) is 32.6. The number of anilines is 8. The van der Waals surface area contributed by atoms with Crippen LogP contribution in [0.4, 0.5) is 46.0 Å². The van der Waals surface area contributed by atoms with Crippen LogP contribution in [0, 0.1) is 0 Å². The molecule has 0 saturated heterocycles. The molecule has 550 valence electrons. The molecule has 38 nitrogen and oxygen atoms in total. The lowest BCUT2D eigenvalue weighted by atomic mass is 10.1. The number of nitrogens with zero attached hydrogens (tertiary/aromatic N) is 12. The fourth-order valence-electron chi connectivity index (χ4n) is 10.7. The van der Waals surface area contributed by atoms with E-state index in [1.165, 1.54) is 124 Å². The van der Waals surface area contributed by atoms with E-state index in [2.05, 4.69) is 78.4 Å². The van der Waals surface area contributed by atoms with Crippen LogP contribution in [0.2, 0.25) is 0 Å². The van der Waals surface area contributed by atoms with Gasteiger partial charge in [-0.05, 0) is 61.7 Å². The molecule has 0 spiro atoms. The minimum Gasteiger partial charge on any atom is -0.460 e. The Morgan fingerprint density at radius 1 is 0.410 bits per heavy atom. The van der Waals surface area contributed by atoms with Gasteiger partial charge in [0.05, 0.1) is 34.9 Å². The lowest BCUT2D eigenvalue weighted by molar-refractivity contribution is -0.145. The summed E-state index contributed by atoms with van der Waals surface area (Å²) < 4.78 is 16.6. The first-order chi connectivity index (χ1) is 50.0. The molecule has 38 heteroatoms. The van der Waals surface area contributed by atoms with Crippen molar-refractivity contribution >= 4 is 123 Å². The molecule has 9 rings (SSSR count). The molecule has 0 atom stereocenters. The quantitative estimate of drug-likeness (QED) is 0.0164. The van der Waals surface area contributed by atoms with Crippen LogP contribution in [0.3, 0.4) is 0 Å². The van der Waals surface area contributed by atoms with Crippen LogP contribution in [-0.4, -0.2) is 159 Å². The van der Waals surface area contributed by atoms with Crippen LogP contribution in [0.1, 0.15) is 135 Å². The zero-order valence-electron chi connectivity index (χ0n) is 58.7. The van der Waals surface area contributed by atoms with Crippen molar-refractivity contribution in [2.45, 2.75) is 59.1 Å². The molecule has 8 heterocycles. The number of hydrogen-bond donors (Lipinski definition) is 12. The first-order valence-corrected chi connectivity index (χ1v) is 32.6. The zero-order chi connectivity index (χ0) is 75.9. The Labute approximate surface area is 598 Å². The Morgan fingerprint density at radius 2 is 0.800 bits per heavy atom. The first kappa shape index (κ1) is 75.6. The number of aryl methyl sites for hydroxylation is 7. The summed E-state index contributed by atoms with van der Waals surface area (Å²) in [5, 5.41) is 29.2. The SMILES string of the molecule is CCNC(=O)Cc1ccc(COC(=O)CNC(=O)Cn2cc(NC(=O)c3nc(NC(=O)c4cc(NC(=O)c5nc(NC(=O)CCCNC(=O)c6cc(NC(=O)c7nc(NC(=O)c8cc(NC(=O)c9nc(NC(=O)CCCN)cn9C)cn8C)cn7C)cn6C)cn5C)cn4C)cn3C)cc2C(C)=O)cc1. The largest absolute Gasteiger partial charge is 0.460 e. The van der Waals surface area contributed by atoms with E-state index in [9.17, 15) is 62.3 Å². The number of nitrogens with one attached hydrogen (secondary N) is 11. The van der Waals surface area contributed by atoms with Crippen molar-refractivity contribution in [2.24, 2.45) is 55.1 Å². The molecule has 8 aromatic heterocycles. The van der Waals surface area contributed by atoms with Crippen LogP contribution < -0.4 is 64.2 Å². The molecule has 0 unspecified atom stereocenters. The number of carbonyl (C=O) groups is 13. The third-order valence-electron chi connectivity index (χ3n) is 15.7. The number of amides is 11. The van der Waals surface area contributed by atoms with Gasteiger partial charge in [-0.2, -0.15) is 0 Å². The number of rotatable bonds is 32. The Hall–Kier alpha value is -13.6. The Morgan fingerprint density at radius 3 is 1.22 bits per heavy atom. The highest BCUT2D eigenvalue weighted by Gasteiger charge is 2.26. The van der Waals surface area contributed by atoms with Gasteiger partial charge in [0.1, 0.15) is 36.8 Å². The van der Waals surface area contributed by atoms with Crippen molar-refractivity contribution in [3.8, 4) is 0 Å². The molecule has 9 aromatic rings. The molecule has 13 N–H and O–H groups in total. The molecule has 1 aromatic carbocycles. The molecule has 0 aliphatic carbocycles. The van der Waals surface area contributed by atoms with Gasteiger partial charge in [0, 0.05) is 132 Å². The van der Waals surface area contributed by atoms with Crippen LogP contribution >= 0.6 is 0 Å². The summed E-state index contributed by atoms with van der Waals surface area (Å²) >= 11 is 0. The second kappa shape index (κ2) is 33.7. The zero-order valence-corrected chi connectivity index (χ0v) is 58.7. The number of imidazole rings is 4. The molecular weight excluding hydrogens is 1360 g/mol. The number of ether oxygens (including phenoxy) is 1. The molecule has 0 aliphatic rings. The van der Waals surface area contributed by atoms with Crippen molar-refractivity contribution < 1.29 is 67.1 Å². The van der Waals surface area contributed by atoms with E-state index in [-0.39, 0.29) is 149 Å². The number of nitrogens with two attached hydrogens (primary N) is 1.